The van der Waals surface area contributed by atoms with E-state index in [1.54, 1.807) is 16.8 Å². The van der Waals surface area contributed by atoms with Crippen molar-refractivity contribution >= 4 is 11.5 Å². The van der Waals surface area contributed by atoms with Crippen molar-refractivity contribution in [2.45, 2.75) is 46.7 Å². The molecule has 0 saturated heterocycles. The summed E-state index contributed by atoms with van der Waals surface area (Å²) in [6.07, 6.45) is 0. The van der Waals surface area contributed by atoms with E-state index in [1.807, 2.05) is 18.0 Å². The molecule has 0 aliphatic heterocycles. The lowest BCUT2D eigenvalue weighted by Crippen LogP contribution is -2.31. The number of aromatic nitrogens is 2. The Kier molecular flexibility index (Phi) is 5.28. The predicted molar refractivity (Wildman–Crippen MR) is 91.6 cm³/mol. The minimum Gasteiger partial charge on any atom is -0.273 e. The standard InChI is InChI=1S/C16H22N6O2/c1-11(2)20(12(3)4)19-17-16-10-13(5)21(18-16)14-6-8-15(9-7-14)22(23)24/h6-12H,1-5H3. The second-order valence-electron chi connectivity index (χ2n) is 6.09. The van der Waals surface area contributed by atoms with Crippen LogP contribution in [0.2, 0.25) is 0 Å². The molecule has 0 amide bonds. The fraction of sp³-hybridized carbons (Fsp3) is 0.438. The zero-order valence-corrected chi connectivity index (χ0v) is 14.5. The molecule has 8 heteroatoms. The van der Waals surface area contributed by atoms with Gasteiger partial charge in [-0.25, -0.2) is 4.68 Å². The predicted octanol–water partition coefficient (Wildman–Crippen LogP) is 4.21. The molecular formula is C16H22N6O2. The molecule has 1 aromatic heterocycles. The van der Waals surface area contributed by atoms with Gasteiger partial charge in [-0.2, -0.15) is 0 Å². The lowest BCUT2D eigenvalue weighted by atomic mass is 10.3. The van der Waals surface area contributed by atoms with Crippen LogP contribution in [0.5, 0.6) is 0 Å². The van der Waals surface area contributed by atoms with Crippen molar-refractivity contribution in [1.82, 2.24) is 14.8 Å². The summed E-state index contributed by atoms with van der Waals surface area (Å²) >= 11 is 0. The van der Waals surface area contributed by atoms with Crippen molar-refractivity contribution in [1.29, 1.82) is 0 Å². The Balaban J connectivity index is 2.25. The quantitative estimate of drug-likeness (QED) is 0.451. The molecule has 0 fully saturated rings. The maximum absolute atomic E-state index is 10.7. The van der Waals surface area contributed by atoms with Gasteiger partial charge in [0.25, 0.3) is 5.69 Å². The van der Waals surface area contributed by atoms with Crippen LogP contribution in [0.4, 0.5) is 11.5 Å². The molecule has 0 aliphatic rings. The number of hydrogen-bond acceptors (Lipinski definition) is 5. The van der Waals surface area contributed by atoms with Crippen molar-refractivity contribution in [2.75, 3.05) is 0 Å². The number of nitrogens with zero attached hydrogens (tertiary/aromatic N) is 6. The van der Waals surface area contributed by atoms with Crippen LogP contribution in [0, 0.1) is 17.0 Å². The monoisotopic (exact) mass is 330 g/mol. The molecule has 0 N–H and O–H groups in total. The van der Waals surface area contributed by atoms with Gasteiger partial charge in [-0.15, -0.1) is 10.2 Å². The Morgan fingerprint density at radius 2 is 1.75 bits per heavy atom. The molecule has 0 spiro atoms. The van der Waals surface area contributed by atoms with Gasteiger partial charge in [0.2, 0.25) is 0 Å². The number of rotatable bonds is 6. The first-order valence-corrected chi connectivity index (χ1v) is 7.81. The molecule has 0 saturated carbocycles. The van der Waals surface area contributed by atoms with Gasteiger partial charge in [0.05, 0.1) is 10.6 Å². The maximum atomic E-state index is 10.7. The van der Waals surface area contributed by atoms with Gasteiger partial charge < -0.3 is 0 Å². The second-order valence-corrected chi connectivity index (χ2v) is 6.09. The summed E-state index contributed by atoms with van der Waals surface area (Å²) in [6.45, 7) is 10.1. The Hall–Kier alpha value is -2.77. The first-order valence-electron chi connectivity index (χ1n) is 7.81. The van der Waals surface area contributed by atoms with E-state index in [0.29, 0.717) is 5.82 Å². The lowest BCUT2D eigenvalue weighted by molar-refractivity contribution is -0.384. The maximum Gasteiger partial charge on any atom is 0.269 e. The zero-order valence-electron chi connectivity index (χ0n) is 14.5. The van der Waals surface area contributed by atoms with Gasteiger partial charge in [-0.05, 0) is 46.8 Å². The molecule has 1 aromatic carbocycles. The van der Waals surface area contributed by atoms with E-state index >= 15 is 0 Å². The average Bonchev–Trinajstić information content (AvgIpc) is 2.87. The van der Waals surface area contributed by atoms with Gasteiger partial charge in [0.1, 0.15) is 0 Å². The number of non-ortho nitro benzene ring substituents is 1. The van der Waals surface area contributed by atoms with Crippen molar-refractivity contribution in [2.24, 2.45) is 10.3 Å². The van der Waals surface area contributed by atoms with Crippen LogP contribution in [-0.4, -0.2) is 31.8 Å². The lowest BCUT2D eigenvalue weighted by Gasteiger charge is -2.25. The Morgan fingerprint density at radius 1 is 1.17 bits per heavy atom. The average molecular weight is 330 g/mol. The third kappa shape index (κ3) is 3.95. The minimum absolute atomic E-state index is 0.0491. The smallest absolute Gasteiger partial charge is 0.269 e. The van der Waals surface area contributed by atoms with Gasteiger partial charge in [-0.1, -0.05) is 5.22 Å². The summed E-state index contributed by atoms with van der Waals surface area (Å²) in [5.41, 5.74) is 1.66. The molecule has 0 unspecified atom stereocenters. The highest BCUT2D eigenvalue weighted by Crippen LogP contribution is 2.20. The van der Waals surface area contributed by atoms with Crippen LogP contribution < -0.4 is 0 Å². The molecule has 0 bridgehead atoms. The summed E-state index contributed by atoms with van der Waals surface area (Å²) < 4.78 is 1.69. The van der Waals surface area contributed by atoms with E-state index < -0.39 is 4.92 Å². The van der Waals surface area contributed by atoms with Crippen molar-refractivity contribution in [3.05, 3.63) is 46.1 Å². The summed E-state index contributed by atoms with van der Waals surface area (Å²) in [6, 6.07) is 8.54. The van der Waals surface area contributed by atoms with Gasteiger partial charge in [-0.3, -0.25) is 15.1 Å². The van der Waals surface area contributed by atoms with Crippen molar-refractivity contribution in [3.8, 4) is 5.69 Å². The van der Waals surface area contributed by atoms with Crippen LogP contribution in [-0.2, 0) is 0 Å². The molecule has 24 heavy (non-hydrogen) atoms. The molecule has 0 atom stereocenters. The topological polar surface area (TPSA) is 88.9 Å². The van der Waals surface area contributed by atoms with E-state index in [4.69, 9.17) is 0 Å². The van der Waals surface area contributed by atoms with Crippen molar-refractivity contribution < 1.29 is 4.92 Å². The molecular weight excluding hydrogens is 308 g/mol. The molecule has 0 radical (unpaired) electrons. The van der Waals surface area contributed by atoms with Gasteiger partial charge in [0.15, 0.2) is 5.82 Å². The van der Waals surface area contributed by atoms with Gasteiger partial charge >= 0.3 is 0 Å². The highest BCUT2D eigenvalue weighted by molar-refractivity contribution is 5.43. The van der Waals surface area contributed by atoms with Crippen LogP contribution in [0.3, 0.4) is 0 Å². The third-order valence-electron chi connectivity index (χ3n) is 3.49. The highest BCUT2D eigenvalue weighted by Gasteiger charge is 2.12. The van der Waals surface area contributed by atoms with Crippen LogP contribution >= 0.6 is 0 Å². The minimum atomic E-state index is -0.425. The summed E-state index contributed by atoms with van der Waals surface area (Å²) in [4.78, 5) is 10.3. The third-order valence-corrected chi connectivity index (χ3v) is 3.49. The number of benzene rings is 1. The molecule has 2 aromatic rings. The summed E-state index contributed by atoms with van der Waals surface area (Å²) in [5, 5.41) is 25.5. The normalized spacial score (nSPS) is 11.6. The summed E-state index contributed by atoms with van der Waals surface area (Å²) in [7, 11) is 0. The fourth-order valence-electron chi connectivity index (χ4n) is 2.38. The first kappa shape index (κ1) is 17.6. The number of hydrogen-bond donors (Lipinski definition) is 0. The summed E-state index contributed by atoms with van der Waals surface area (Å²) in [5.74, 6) is 0.497. The number of nitro groups is 1. The molecule has 0 aliphatic carbocycles. The van der Waals surface area contributed by atoms with Gasteiger partial charge in [0, 0.05) is 36.0 Å². The van der Waals surface area contributed by atoms with E-state index in [1.165, 1.54) is 12.1 Å². The Labute approximate surface area is 140 Å². The van der Waals surface area contributed by atoms with E-state index in [2.05, 4.69) is 43.1 Å². The van der Waals surface area contributed by atoms with Crippen LogP contribution in [0.15, 0.2) is 40.7 Å². The Morgan fingerprint density at radius 3 is 2.25 bits per heavy atom. The van der Waals surface area contributed by atoms with Crippen LogP contribution in [0.25, 0.3) is 5.69 Å². The molecule has 2 rings (SSSR count). The molecule has 1 heterocycles. The van der Waals surface area contributed by atoms with Crippen LogP contribution in [0.1, 0.15) is 33.4 Å². The number of nitro benzene ring substituents is 1. The van der Waals surface area contributed by atoms with Crippen molar-refractivity contribution in [3.63, 3.8) is 0 Å². The highest BCUT2D eigenvalue weighted by atomic mass is 16.6. The molecule has 8 nitrogen and oxygen atoms in total. The SMILES string of the molecule is Cc1cc(N=NN(C(C)C)C(C)C)nn1-c1ccc([N+](=O)[O-])cc1. The first-order chi connectivity index (χ1) is 11.3. The zero-order chi connectivity index (χ0) is 17.9. The fourth-order valence-corrected chi connectivity index (χ4v) is 2.38. The molecule has 128 valence electrons. The van der Waals surface area contributed by atoms with E-state index in [9.17, 15) is 10.1 Å². The number of aryl methyl sites for hydroxylation is 1. The largest absolute Gasteiger partial charge is 0.273 e. The van der Waals surface area contributed by atoms with E-state index in [-0.39, 0.29) is 17.8 Å². The Bertz CT molecular complexity index is 726. The van der Waals surface area contributed by atoms with E-state index in [0.717, 1.165) is 11.4 Å². The second kappa shape index (κ2) is 7.20.